The van der Waals surface area contributed by atoms with E-state index < -0.39 is 24.3 Å². The lowest BCUT2D eigenvalue weighted by atomic mass is 9.88. The van der Waals surface area contributed by atoms with Crippen molar-refractivity contribution >= 4 is 29.2 Å². The number of anilines is 1. The molecule has 0 aromatic carbocycles. The summed E-state index contributed by atoms with van der Waals surface area (Å²) in [5, 5.41) is 14.2. The van der Waals surface area contributed by atoms with Crippen LogP contribution in [0.5, 0.6) is 0 Å². The number of hydrogen-bond acceptors (Lipinski definition) is 8. The minimum Gasteiger partial charge on any atom is -0.475 e. The summed E-state index contributed by atoms with van der Waals surface area (Å²) in [5.74, 6) is -4.73. The number of rotatable bonds is 4. The minimum absolute atomic E-state index is 0.00173. The van der Waals surface area contributed by atoms with Crippen molar-refractivity contribution in [3.63, 3.8) is 0 Å². The molecule has 218 valence electrons. The Morgan fingerprint density at radius 1 is 1.13 bits per heavy atom. The zero-order chi connectivity index (χ0) is 29.4. The van der Waals surface area contributed by atoms with Crippen LogP contribution in [0.2, 0.25) is 0 Å². The Labute approximate surface area is 224 Å². The van der Waals surface area contributed by atoms with Gasteiger partial charge in [-0.15, -0.1) is 11.3 Å². The quantitative estimate of drug-likeness (QED) is 0.504. The maximum absolute atomic E-state index is 10.6. The maximum Gasteiger partial charge on any atom is 0.490 e. The zero-order valence-electron chi connectivity index (χ0n) is 21.0. The standard InChI is InChI=1S/C19H26N4OS.2C2HF3O2/c1-15-5-6-17(25-15)12-23-10-3-7-19(14-23)11-16(13-24-19)22(2)18-20-8-4-9-21-18;2*3-2(4,5)1(6)7/h4-6,8-9,16H,3,7,10-14H2,1-2H3;2*(H,6,7). The van der Waals surface area contributed by atoms with Crippen LogP contribution in [0, 0.1) is 6.92 Å². The zero-order valence-corrected chi connectivity index (χ0v) is 21.8. The molecule has 0 saturated carbocycles. The Morgan fingerprint density at radius 3 is 2.18 bits per heavy atom. The molecule has 2 aliphatic heterocycles. The largest absolute Gasteiger partial charge is 0.490 e. The number of carboxylic acids is 2. The van der Waals surface area contributed by atoms with Crippen LogP contribution in [0.3, 0.4) is 0 Å². The second kappa shape index (κ2) is 13.4. The van der Waals surface area contributed by atoms with Gasteiger partial charge in [0.2, 0.25) is 5.95 Å². The maximum atomic E-state index is 10.6. The number of nitrogens with zero attached hydrogens (tertiary/aromatic N) is 4. The molecule has 4 heterocycles. The van der Waals surface area contributed by atoms with Crippen molar-refractivity contribution in [1.29, 1.82) is 0 Å². The van der Waals surface area contributed by atoms with E-state index in [9.17, 15) is 26.3 Å². The van der Waals surface area contributed by atoms with E-state index in [2.05, 4.69) is 45.9 Å². The molecule has 39 heavy (non-hydrogen) atoms. The summed E-state index contributed by atoms with van der Waals surface area (Å²) in [5.41, 5.74) is -0.00173. The summed E-state index contributed by atoms with van der Waals surface area (Å²) in [6.45, 7) is 6.19. The molecule has 0 amide bonds. The second-order valence-electron chi connectivity index (χ2n) is 8.94. The van der Waals surface area contributed by atoms with Gasteiger partial charge < -0.3 is 19.8 Å². The number of halogens is 6. The fourth-order valence-corrected chi connectivity index (χ4v) is 5.04. The highest BCUT2D eigenvalue weighted by atomic mass is 32.1. The third-order valence-corrected chi connectivity index (χ3v) is 6.87. The molecule has 16 heteroatoms. The van der Waals surface area contributed by atoms with E-state index in [4.69, 9.17) is 24.5 Å². The minimum atomic E-state index is -5.08. The number of alkyl halides is 6. The van der Waals surface area contributed by atoms with Crippen molar-refractivity contribution in [3.05, 3.63) is 40.3 Å². The molecule has 0 radical (unpaired) electrons. The average molecular weight is 587 g/mol. The predicted octanol–water partition coefficient (Wildman–Crippen LogP) is 4.37. The van der Waals surface area contributed by atoms with Crippen LogP contribution >= 0.6 is 11.3 Å². The van der Waals surface area contributed by atoms with Gasteiger partial charge in [0.1, 0.15) is 0 Å². The number of likely N-dealkylation sites (N-methyl/N-ethyl adjacent to an activating group) is 1. The van der Waals surface area contributed by atoms with Crippen LogP contribution in [0.25, 0.3) is 0 Å². The van der Waals surface area contributed by atoms with E-state index in [0.29, 0.717) is 6.04 Å². The van der Waals surface area contributed by atoms with Crippen LogP contribution < -0.4 is 4.90 Å². The Hall–Kier alpha value is -2.98. The lowest BCUT2D eigenvalue weighted by Gasteiger charge is -2.39. The lowest BCUT2D eigenvalue weighted by Crippen LogP contribution is -2.48. The SMILES string of the molecule is Cc1ccc(CN2CCCC3(CC(N(C)c4ncccn4)CO3)C2)s1.O=C(O)C(F)(F)F.O=C(O)C(F)(F)F. The summed E-state index contributed by atoms with van der Waals surface area (Å²) in [6, 6.07) is 6.69. The molecule has 2 atom stereocenters. The topological polar surface area (TPSA) is 116 Å². The second-order valence-corrected chi connectivity index (χ2v) is 10.3. The highest BCUT2D eigenvalue weighted by Gasteiger charge is 2.45. The van der Waals surface area contributed by atoms with Gasteiger partial charge in [-0.3, -0.25) is 4.90 Å². The predicted molar refractivity (Wildman–Crippen MR) is 128 cm³/mol. The normalized spacial score (nSPS) is 21.4. The first kappa shape index (κ1) is 32.2. The highest BCUT2D eigenvalue weighted by Crippen LogP contribution is 2.37. The first-order chi connectivity index (χ1) is 18.0. The van der Waals surface area contributed by atoms with Gasteiger partial charge in [0.15, 0.2) is 0 Å². The van der Waals surface area contributed by atoms with Crippen molar-refractivity contribution in [2.24, 2.45) is 0 Å². The lowest BCUT2D eigenvalue weighted by molar-refractivity contribution is -0.193. The number of aryl methyl sites for hydroxylation is 1. The molecule has 2 saturated heterocycles. The molecule has 2 aromatic heterocycles. The highest BCUT2D eigenvalue weighted by molar-refractivity contribution is 7.11. The number of aliphatic carboxylic acids is 2. The molecule has 2 unspecified atom stereocenters. The summed E-state index contributed by atoms with van der Waals surface area (Å²) in [6.07, 6.45) is -3.14. The van der Waals surface area contributed by atoms with Gasteiger partial charge in [0.05, 0.1) is 18.2 Å². The molecular weight excluding hydrogens is 558 g/mol. The van der Waals surface area contributed by atoms with Crippen molar-refractivity contribution in [1.82, 2.24) is 14.9 Å². The number of carboxylic acid groups (broad SMARTS) is 2. The first-order valence-electron chi connectivity index (χ1n) is 11.5. The van der Waals surface area contributed by atoms with Gasteiger partial charge in [0, 0.05) is 48.7 Å². The molecule has 1 spiro atoms. The number of likely N-dealkylation sites (tertiary alicyclic amines) is 1. The fourth-order valence-electron chi connectivity index (χ4n) is 4.11. The van der Waals surface area contributed by atoms with Crippen molar-refractivity contribution in [2.75, 3.05) is 31.6 Å². The number of piperidine rings is 1. The van der Waals surface area contributed by atoms with Gasteiger partial charge in [-0.2, -0.15) is 26.3 Å². The molecule has 0 aliphatic carbocycles. The third-order valence-electron chi connectivity index (χ3n) is 5.88. The number of aromatic nitrogens is 2. The van der Waals surface area contributed by atoms with E-state index in [1.807, 2.05) is 17.4 Å². The molecule has 2 fully saturated rings. The van der Waals surface area contributed by atoms with Gasteiger partial charge in [-0.1, -0.05) is 0 Å². The van der Waals surface area contributed by atoms with Crippen LogP contribution in [0.15, 0.2) is 30.6 Å². The summed E-state index contributed by atoms with van der Waals surface area (Å²) >= 11 is 1.91. The first-order valence-corrected chi connectivity index (χ1v) is 12.4. The van der Waals surface area contributed by atoms with E-state index >= 15 is 0 Å². The molecular formula is C23H28F6N4O5S. The summed E-state index contributed by atoms with van der Waals surface area (Å²) < 4.78 is 69.8. The molecule has 0 bridgehead atoms. The number of thiophene rings is 1. The van der Waals surface area contributed by atoms with E-state index in [-0.39, 0.29) is 5.60 Å². The van der Waals surface area contributed by atoms with Gasteiger partial charge in [0.25, 0.3) is 0 Å². The van der Waals surface area contributed by atoms with Crippen LogP contribution in [0.4, 0.5) is 32.3 Å². The number of ether oxygens (including phenoxy) is 1. The van der Waals surface area contributed by atoms with Crippen molar-refractivity contribution < 1.29 is 50.9 Å². The fraction of sp³-hybridized carbons (Fsp3) is 0.565. The average Bonchev–Trinajstić information content (AvgIpc) is 3.44. The van der Waals surface area contributed by atoms with Crippen molar-refractivity contribution in [3.8, 4) is 0 Å². The molecule has 2 aliphatic rings. The number of hydrogen-bond donors (Lipinski definition) is 2. The third kappa shape index (κ3) is 10.3. The monoisotopic (exact) mass is 586 g/mol. The molecule has 4 rings (SSSR count). The number of carbonyl (C=O) groups is 2. The molecule has 2 N–H and O–H groups in total. The van der Waals surface area contributed by atoms with Crippen LogP contribution in [0.1, 0.15) is 29.0 Å². The van der Waals surface area contributed by atoms with Crippen LogP contribution in [-0.2, 0) is 20.9 Å². The van der Waals surface area contributed by atoms with Crippen molar-refractivity contribution in [2.45, 2.75) is 56.7 Å². The van der Waals surface area contributed by atoms with Gasteiger partial charge >= 0.3 is 24.3 Å². The Balaban J connectivity index is 0.000000317. The summed E-state index contributed by atoms with van der Waals surface area (Å²) in [7, 11) is 2.08. The smallest absolute Gasteiger partial charge is 0.475 e. The van der Waals surface area contributed by atoms with E-state index in [1.165, 1.54) is 22.7 Å². The van der Waals surface area contributed by atoms with E-state index in [1.54, 1.807) is 12.4 Å². The Bertz CT molecular complexity index is 1060. The molecule has 2 aromatic rings. The van der Waals surface area contributed by atoms with Gasteiger partial charge in [-0.25, -0.2) is 19.6 Å². The van der Waals surface area contributed by atoms with Gasteiger partial charge in [-0.05, 0) is 44.5 Å². The summed E-state index contributed by atoms with van der Waals surface area (Å²) in [4.78, 5) is 34.1. The molecule has 9 nitrogen and oxygen atoms in total. The van der Waals surface area contributed by atoms with Crippen LogP contribution in [-0.4, -0.2) is 87.8 Å². The van der Waals surface area contributed by atoms with E-state index in [0.717, 1.165) is 38.5 Å². The Kier molecular flexibility index (Phi) is 11.1. The Morgan fingerprint density at radius 2 is 1.69 bits per heavy atom.